The molecule has 86 valence electrons. The maximum atomic E-state index is 13.0. The Kier molecular flexibility index (Phi) is 3.64. The fourth-order valence-corrected chi connectivity index (χ4v) is 1.68. The summed E-state index contributed by atoms with van der Waals surface area (Å²) in [6.07, 6.45) is -10.7. The van der Waals surface area contributed by atoms with Crippen molar-refractivity contribution in [3.05, 3.63) is 22.4 Å². The molecule has 2 unspecified atom stereocenters. The molecule has 0 spiro atoms. The molecule has 0 fully saturated rings. The Labute approximate surface area is 85.5 Å². The van der Waals surface area contributed by atoms with Crippen LogP contribution >= 0.6 is 11.3 Å². The summed E-state index contributed by atoms with van der Waals surface area (Å²) in [6, 6.07) is 2.28. The molecule has 1 aromatic heterocycles. The van der Waals surface area contributed by atoms with Crippen LogP contribution in [0.2, 0.25) is 0 Å². The van der Waals surface area contributed by atoms with Crippen LogP contribution in [0.4, 0.5) is 26.3 Å². The van der Waals surface area contributed by atoms with Gasteiger partial charge in [-0.1, -0.05) is 6.07 Å². The zero-order valence-electron chi connectivity index (χ0n) is 7.14. The van der Waals surface area contributed by atoms with E-state index in [1.165, 1.54) is 11.4 Å². The van der Waals surface area contributed by atoms with Crippen molar-refractivity contribution in [2.75, 3.05) is 0 Å². The second kappa shape index (κ2) is 4.42. The molecule has 0 aliphatic rings. The highest BCUT2D eigenvalue weighted by molar-refractivity contribution is 7.10. The Morgan fingerprint density at radius 2 is 1.73 bits per heavy atom. The quantitative estimate of drug-likeness (QED) is 0.706. The number of rotatable bonds is 4. The zero-order valence-corrected chi connectivity index (χ0v) is 7.96. The predicted molar refractivity (Wildman–Crippen MR) is 44.0 cm³/mol. The molecule has 15 heavy (non-hydrogen) atoms. The summed E-state index contributed by atoms with van der Waals surface area (Å²) in [5.74, 6) is -4.71. The largest absolute Gasteiger partial charge is 0.319 e. The second-order valence-corrected chi connectivity index (χ2v) is 3.77. The smallest absolute Gasteiger partial charge is 0.235 e. The van der Waals surface area contributed by atoms with E-state index >= 15 is 0 Å². The molecule has 0 amide bonds. The van der Waals surface area contributed by atoms with Crippen molar-refractivity contribution in [1.82, 2.24) is 0 Å². The van der Waals surface area contributed by atoms with Crippen molar-refractivity contribution in [3.8, 4) is 0 Å². The molecule has 0 bridgehead atoms. The lowest BCUT2D eigenvalue weighted by atomic mass is 10.1. The summed E-state index contributed by atoms with van der Waals surface area (Å²) in [6.45, 7) is 0. The Balaban J connectivity index is 2.86. The standard InChI is InChI=1S/C8H6F6S/c9-5(4-2-1-3-15-4)8(13,14)6(10)7(11)12/h1-3,5-7H. The van der Waals surface area contributed by atoms with Gasteiger partial charge in [0.25, 0.3) is 6.43 Å². The summed E-state index contributed by atoms with van der Waals surface area (Å²) in [4.78, 5) is -0.469. The van der Waals surface area contributed by atoms with E-state index < -0.39 is 29.6 Å². The molecule has 0 nitrogen and oxygen atoms in total. The highest BCUT2D eigenvalue weighted by atomic mass is 32.1. The Hall–Kier alpha value is -0.720. The highest BCUT2D eigenvalue weighted by Gasteiger charge is 2.53. The first-order valence-electron chi connectivity index (χ1n) is 3.85. The molecule has 1 heterocycles. The van der Waals surface area contributed by atoms with Crippen LogP contribution in [0.3, 0.4) is 0 Å². The van der Waals surface area contributed by atoms with Crippen LogP contribution < -0.4 is 0 Å². The number of hydrogen-bond acceptors (Lipinski definition) is 1. The predicted octanol–water partition coefficient (Wildman–Crippen LogP) is 4.00. The Morgan fingerprint density at radius 3 is 2.13 bits per heavy atom. The molecule has 1 aromatic rings. The third-order valence-electron chi connectivity index (χ3n) is 1.72. The molecule has 0 N–H and O–H groups in total. The van der Waals surface area contributed by atoms with Crippen molar-refractivity contribution < 1.29 is 26.3 Å². The number of hydrogen-bond donors (Lipinski definition) is 0. The van der Waals surface area contributed by atoms with Gasteiger partial charge in [0, 0.05) is 4.88 Å². The lowest BCUT2D eigenvalue weighted by molar-refractivity contribution is -0.167. The minimum absolute atomic E-state index is 0.469. The maximum Gasteiger partial charge on any atom is 0.319 e. The van der Waals surface area contributed by atoms with Gasteiger partial charge < -0.3 is 0 Å². The first-order valence-corrected chi connectivity index (χ1v) is 4.73. The molecule has 1 rings (SSSR count). The first kappa shape index (κ1) is 12.4. The fraction of sp³-hybridized carbons (Fsp3) is 0.500. The summed E-state index contributed by atoms with van der Waals surface area (Å²) in [5.41, 5.74) is 0. The molecule has 0 saturated heterocycles. The van der Waals surface area contributed by atoms with Gasteiger partial charge in [-0.25, -0.2) is 17.6 Å². The van der Waals surface area contributed by atoms with Crippen LogP contribution in [-0.2, 0) is 0 Å². The van der Waals surface area contributed by atoms with Crippen LogP contribution in [0, 0.1) is 0 Å². The maximum absolute atomic E-state index is 13.0. The van der Waals surface area contributed by atoms with E-state index in [-0.39, 0.29) is 0 Å². The van der Waals surface area contributed by atoms with Gasteiger partial charge in [0.2, 0.25) is 12.3 Å². The third kappa shape index (κ3) is 2.45. The van der Waals surface area contributed by atoms with Gasteiger partial charge in [-0.3, -0.25) is 0 Å². The first-order chi connectivity index (χ1) is 6.87. The molecule has 7 heteroatoms. The van der Waals surface area contributed by atoms with Gasteiger partial charge in [0.1, 0.15) is 0 Å². The fourth-order valence-electron chi connectivity index (χ4n) is 0.933. The van der Waals surface area contributed by atoms with Gasteiger partial charge in [0.15, 0.2) is 0 Å². The summed E-state index contributed by atoms with van der Waals surface area (Å²) in [7, 11) is 0. The Bertz CT molecular complexity index is 296. The van der Waals surface area contributed by atoms with Crippen LogP contribution in [0.25, 0.3) is 0 Å². The molecular weight excluding hydrogens is 242 g/mol. The van der Waals surface area contributed by atoms with Gasteiger partial charge in [-0.05, 0) is 11.4 Å². The molecule has 2 atom stereocenters. The van der Waals surface area contributed by atoms with Crippen molar-refractivity contribution in [3.63, 3.8) is 0 Å². The normalized spacial score (nSPS) is 16.7. The highest BCUT2D eigenvalue weighted by Crippen LogP contribution is 2.42. The number of halogens is 6. The van der Waals surface area contributed by atoms with E-state index in [9.17, 15) is 26.3 Å². The van der Waals surface area contributed by atoms with Crippen molar-refractivity contribution in [2.24, 2.45) is 0 Å². The van der Waals surface area contributed by atoms with Crippen molar-refractivity contribution in [1.29, 1.82) is 0 Å². The van der Waals surface area contributed by atoms with E-state index in [1.54, 1.807) is 0 Å². The van der Waals surface area contributed by atoms with E-state index in [0.717, 1.165) is 6.07 Å². The second-order valence-electron chi connectivity index (χ2n) is 2.79. The van der Waals surface area contributed by atoms with E-state index in [4.69, 9.17) is 0 Å². The monoisotopic (exact) mass is 248 g/mol. The van der Waals surface area contributed by atoms with Crippen molar-refractivity contribution in [2.45, 2.75) is 24.7 Å². The van der Waals surface area contributed by atoms with E-state index in [2.05, 4.69) is 0 Å². The molecular formula is C8H6F6S. The SMILES string of the molecule is FC(F)C(F)C(F)(F)C(F)c1cccs1. The van der Waals surface area contributed by atoms with Crippen molar-refractivity contribution >= 4 is 11.3 Å². The van der Waals surface area contributed by atoms with Gasteiger partial charge in [0.05, 0.1) is 0 Å². The number of alkyl halides is 6. The third-order valence-corrected chi connectivity index (χ3v) is 2.63. The van der Waals surface area contributed by atoms with Crippen LogP contribution in [0.5, 0.6) is 0 Å². The Morgan fingerprint density at radius 1 is 1.13 bits per heavy atom. The van der Waals surface area contributed by atoms with E-state index in [1.807, 2.05) is 0 Å². The molecule has 0 saturated carbocycles. The zero-order chi connectivity index (χ0) is 11.6. The minimum Gasteiger partial charge on any atom is -0.235 e. The lowest BCUT2D eigenvalue weighted by Gasteiger charge is -2.22. The summed E-state index contributed by atoms with van der Waals surface area (Å²) in [5, 5.41) is 1.30. The van der Waals surface area contributed by atoms with Crippen LogP contribution in [-0.4, -0.2) is 18.5 Å². The molecule has 0 aromatic carbocycles. The molecule has 0 radical (unpaired) electrons. The van der Waals surface area contributed by atoms with Crippen LogP contribution in [0.1, 0.15) is 11.0 Å². The van der Waals surface area contributed by atoms with Gasteiger partial charge >= 0.3 is 5.92 Å². The lowest BCUT2D eigenvalue weighted by Crippen LogP contribution is -2.39. The molecule has 0 aliphatic carbocycles. The van der Waals surface area contributed by atoms with Gasteiger partial charge in [-0.15, -0.1) is 11.3 Å². The molecule has 0 aliphatic heterocycles. The van der Waals surface area contributed by atoms with Crippen LogP contribution in [0.15, 0.2) is 17.5 Å². The van der Waals surface area contributed by atoms with Gasteiger partial charge in [-0.2, -0.15) is 8.78 Å². The minimum atomic E-state index is -4.71. The summed E-state index contributed by atoms with van der Waals surface area (Å²) < 4.78 is 74.5. The summed E-state index contributed by atoms with van der Waals surface area (Å²) >= 11 is 0.620. The topological polar surface area (TPSA) is 0 Å². The number of thiophene rings is 1. The average molecular weight is 248 g/mol. The van der Waals surface area contributed by atoms with E-state index in [0.29, 0.717) is 11.3 Å². The average Bonchev–Trinajstić information content (AvgIpc) is 2.67.